The topological polar surface area (TPSA) is 51.0 Å². The number of amides is 1. The van der Waals surface area contributed by atoms with Gasteiger partial charge in [-0.15, -0.1) is 22.7 Å². The second-order valence-electron chi connectivity index (χ2n) is 5.72. The van der Waals surface area contributed by atoms with Crippen molar-refractivity contribution in [2.75, 3.05) is 4.90 Å². The van der Waals surface area contributed by atoms with Gasteiger partial charge in [0.25, 0.3) is 5.91 Å². The summed E-state index contributed by atoms with van der Waals surface area (Å²) in [6, 6.07) is 2.28. The van der Waals surface area contributed by atoms with E-state index in [4.69, 9.17) is 0 Å². The molecule has 0 saturated heterocycles. The van der Waals surface area contributed by atoms with Crippen molar-refractivity contribution in [2.45, 2.75) is 32.7 Å². The normalized spacial score (nSPS) is 14.7. The summed E-state index contributed by atoms with van der Waals surface area (Å²) >= 11 is 3.06. The lowest BCUT2D eigenvalue weighted by Gasteiger charge is -2.18. The van der Waals surface area contributed by atoms with Crippen LogP contribution >= 0.6 is 22.7 Å². The molecule has 0 atom stereocenters. The fourth-order valence-corrected chi connectivity index (χ4v) is 4.55. The number of carbonyl (C=O) groups is 1. The number of anilines is 1. The summed E-state index contributed by atoms with van der Waals surface area (Å²) < 4.78 is 1.85. The maximum atomic E-state index is 13.0. The van der Waals surface area contributed by atoms with E-state index in [1.165, 1.54) is 11.3 Å². The second kappa shape index (κ2) is 4.89. The first-order valence-electron chi connectivity index (χ1n) is 7.23. The molecule has 3 aromatic heterocycles. The molecular formula is C15H16N4OS2. The summed E-state index contributed by atoms with van der Waals surface area (Å²) in [5.74, 6) is 0.0671. The Labute approximate surface area is 136 Å². The number of aryl methyl sites for hydroxylation is 3. The Balaban J connectivity index is 1.75. The Morgan fingerprint density at radius 2 is 2.18 bits per heavy atom. The highest BCUT2D eigenvalue weighted by atomic mass is 32.1. The summed E-state index contributed by atoms with van der Waals surface area (Å²) in [6.07, 6.45) is 2.13. The molecular weight excluding hydrogens is 316 g/mol. The number of hydrogen-bond donors (Lipinski definition) is 0. The van der Waals surface area contributed by atoms with Gasteiger partial charge in [0.2, 0.25) is 0 Å². The van der Waals surface area contributed by atoms with Crippen LogP contribution in [0.2, 0.25) is 0 Å². The van der Waals surface area contributed by atoms with Crippen molar-refractivity contribution in [1.82, 2.24) is 14.8 Å². The molecule has 0 radical (unpaired) electrons. The number of carbonyl (C=O) groups excluding carboxylic acids is 1. The van der Waals surface area contributed by atoms with Crippen LogP contribution in [-0.4, -0.2) is 26.7 Å². The van der Waals surface area contributed by atoms with E-state index >= 15 is 0 Å². The molecule has 1 saturated carbocycles. The Morgan fingerprint density at radius 1 is 1.41 bits per heavy atom. The fourth-order valence-electron chi connectivity index (χ4n) is 2.62. The summed E-state index contributed by atoms with van der Waals surface area (Å²) in [4.78, 5) is 21.2. The predicted molar refractivity (Wildman–Crippen MR) is 90.0 cm³/mol. The molecule has 1 aliphatic rings. The van der Waals surface area contributed by atoms with E-state index < -0.39 is 0 Å². The molecule has 0 aromatic carbocycles. The summed E-state index contributed by atoms with van der Waals surface area (Å²) in [6.45, 7) is 3.94. The van der Waals surface area contributed by atoms with E-state index in [-0.39, 0.29) is 5.91 Å². The van der Waals surface area contributed by atoms with E-state index in [1.807, 2.05) is 41.9 Å². The Morgan fingerprint density at radius 3 is 2.77 bits per heavy atom. The van der Waals surface area contributed by atoms with Crippen LogP contribution in [0.25, 0.3) is 10.2 Å². The molecule has 114 valence electrons. The molecule has 4 rings (SSSR count). The number of aromatic nitrogens is 3. The van der Waals surface area contributed by atoms with Crippen LogP contribution in [0.5, 0.6) is 0 Å². The zero-order valence-corrected chi connectivity index (χ0v) is 14.3. The van der Waals surface area contributed by atoms with Gasteiger partial charge >= 0.3 is 0 Å². The lowest BCUT2D eigenvalue weighted by molar-refractivity contribution is 0.0989. The standard InChI is InChI=1S/C15H16N4OS2/c1-8-7-21-15(16-8)19(10-4-5-10)13(20)12-6-11-9(2)17-18(3)14(11)22-12/h6-7,10H,4-5H2,1-3H3. The predicted octanol–water partition coefficient (Wildman–Crippen LogP) is 3.52. The molecule has 0 N–H and O–H groups in total. The number of thiazole rings is 1. The minimum atomic E-state index is 0.0671. The molecule has 5 nitrogen and oxygen atoms in total. The van der Waals surface area contributed by atoms with Crippen LogP contribution in [0.3, 0.4) is 0 Å². The number of nitrogens with zero attached hydrogens (tertiary/aromatic N) is 4. The summed E-state index contributed by atoms with van der Waals surface area (Å²) in [5, 5.41) is 8.28. The molecule has 0 unspecified atom stereocenters. The second-order valence-corrected chi connectivity index (χ2v) is 7.58. The van der Waals surface area contributed by atoms with Gasteiger partial charge in [-0.2, -0.15) is 5.10 Å². The quantitative estimate of drug-likeness (QED) is 0.737. The van der Waals surface area contributed by atoms with Crippen molar-refractivity contribution in [1.29, 1.82) is 0 Å². The fraction of sp³-hybridized carbons (Fsp3) is 0.400. The number of hydrogen-bond acceptors (Lipinski definition) is 5. The summed E-state index contributed by atoms with van der Waals surface area (Å²) in [5.41, 5.74) is 1.94. The third-order valence-corrected chi connectivity index (χ3v) is 6.00. The van der Waals surface area contributed by atoms with Gasteiger partial charge in [-0.25, -0.2) is 4.98 Å². The van der Waals surface area contributed by atoms with Gasteiger partial charge in [0.15, 0.2) is 5.13 Å². The molecule has 1 fully saturated rings. The maximum absolute atomic E-state index is 13.0. The van der Waals surface area contributed by atoms with Crippen molar-refractivity contribution in [3.8, 4) is 0 Å². The average Bonchev–Trinajstić information content (AvgIpc) is 2.94. The highest BCUT2D eigenvalue weighted by molar-refractivity contribution is 7.20. The van der Waals surface area contributed by atoms with Gasteiger partial charge in [0, 0.05) is 23.9 Å². The molecule has 0 spiro atoms. The largest absolute Gasteiger partial charge is 0.280 e. The first kappa shape index (κ1) is 13.9. The highest BCUT2D eigenvalue weighted by Crippen LogP contribution is 2.37. The lowest BCUT2D eigenvalue weighted by Crippen LogP contribution is -2.32. The van der Waals surface area contributed by atoms with Crippen molar-refractivity contribution < 1.29 is 4.79 Å². The third-order valence-electron chi connectivity index (χ3n) is 3.85. The summed E-state index contributed by atoms with van der Waals surface area (Å²) in [7, 11) is 1.92. The Hall–Kier alpha value is -1.73. The number of fused-ring (bicyclic) bond motifs is 1. The van der Waals surface area contributed by atoms with Crippen molar-refractivity contribution in [3.63, 3.8) is 0 Å². The monoisotopic (exact) mass is 332 g/mol. The van der Waals surface area contributed by atoms with Crippen molar-refractivity contribution in [2.24, 2.45) is 7.05 Å². The first-order chi connectivity index (χ1) is 10.5. The van der Waals surface area contributed by atoms with Gasteiger partial charge in [0.1, 0.15) is 4.83 Å². The van der Waals surface area contributed by atoms with E-state index in [2.05, 4.69) is 10.1 Å². The number of thiophene rings is 1. The SMILES string of the molecule is Cc1csc(N(C(=O)c2cc3c(C)nn(C)c3s2)C2CC2)n1. The van der Waals surface area contributed by atoms with Gasteiger partial charge < -0.3 is 0 Å². The Bertz CT molecular complexity index is 837. The van der Waals surface area contributed by atoms with E-state index in [1.54, 1.807) is 11.3 Å². The van der Waals surface area contributed by atoms with Crippen LogP contribution in [0, 0.1) is 13.8 Å². The van der Waals surface area contributed by atoms with Crippen LogP contribution < -0.4 is 4.90 Å². The molecule has 0 bridgehead atoms. The van der Waals surface area contributed by atoms with Gasteiger partial charge in [-0.3, -0.25) is 14.4 Å². The van der Waals surface area contributed by atoms with E-state index in [0.29, 0.717) is 6.04 Å². The smallest absolute Gasteiger partial charge is 0.270 e. The van der Waals surface area contributed by atoms with Gasteiger partial charge in [-0.1, -0.05) is 0 Å². The van der Waals surface area contributed by atoms with Gasteiger partial charge in [-0.05, 0) is 32.8 Å². The van der Waals surface area contributed by atoms with Gasteiger partial charge in [0.05, 0.1) is 16.3 Å². The van der Waals surface area contributed by atoms with Crippen molar-refractivity contribution >= 4 is 43.9 Å². The molecule has 7 heteroatoms. The maximum Gasteiger partial charge on any atom is 0.270 e. The third kappa shape index (κ3) is 2.16. The molecule has 22 heavy (non-hydrogen) atoms. The van der Waals surface area contributed by atoms with Crippen LogP contribution in [0.4, 0.5) is 5.13 Å². The average molecular weight is 332 g/mol. The van der Waals surface area contributed by atoms with Crippen molar-refractivity contribution in [3.05, 3.63) is 27.7 Å². The molecule has 0 aliphatic heterocycles. The van der Waals surface area contributed by atoms with Crippen LogP contribution in [0.1, 0.15) is 33.9 Å². The zero-order valence-electron chi connectivity index (χ0n) is 12.7. The minimum Gasteiger partial charge on any atom is -0.280 e. The Kier molecular flexibility index (Phi) is 3.09. The molecule has 3 heterocycles. The minimum absolute atomic E-state index is 0.0671. The van der Waals surface area contributed by atoms with Crippen LogP contribution in [0.15, 0.2) is 11.4 Å². The number of rotatable bonds is 3. The lowest BCUT2D eigenvalue weighted by atomic mass is 10.3. The van der Waals surface area contributed by atoms with E-state index in [0.717, 1.165) is 44.5 Å². The zero-order chi connectivity index (χ0) is 15.4. The first-order valence-corrected chi connectivity index (χ1v) is 8.93. The molecule has 1 amide bonds. The highest BCUT2D eigenvalue weighted by Gasteiger charge is 2.36. The molecule has 3 aromatic rings. The molecule has 1 aliphatic carbocycles. The van der Waals surface area contributed by atoms with Crippen LogP contribution in [-0.2, 0) is 7.05 Å². The van der Waals surface area contributed by atoms with E-state index in [9.17, 15) is 4.79 Å².